The van der Waals surface area contributed by atoms with E-state index in [9.17, 15) is 4.79 Å². The Morgan fingerprint density at radius 3 is 2.83 bits per heavy atom. The first-order valence-electron chi connectivity index (χ1n) is 5.79. The van der Waals surface area contributed by atoms with Crippen molar-refractivity contribution in [1.82, 2.24) is 0 Å². The van der Waals surface area contributed by atoms with E-state index in [1.54, 1.807) is 0 Å². The minimum atomic E-state index is -0.822. The lowest BCUT2D eigenvalue weighted by atomic mass is 10.1. The molecule has 1 heterocycles. The van der Waals surface area contributed by atoms with Crippen LogP contribution in [0.2, 0.25) is 0 Å². The number of ether oxygens (including phenoxy) is 1. The van der Waals surface area contributed by atoms with Crippen molar-refractivity contribution in [1.29, 1.82) is 0 Å². The second-order valence-corrected chi connectivity index (χ2v) is 5.13. The molecular formula is C13H14BrNO3. The maximum atomic E-state index is 10.4. The van der Waals surface area contributed by atoms with Crippen LogP contribution >= 0.6 is 15.9 Å². The van der Waals surface area contributed by atoms with Crippen LogP contribution in [0.4, 0.5) is 0 Å². The van der Waals surface area contributed by atoms with Crippen molar-refractivity contribution in [2.75, 3.05) is 6.61 Å². The summed E-state index contributed by atoms with van der Waals surface area (Å²) in [5.41, 5.74) is 1.20. The highest BCUT2D eigenvalue weighted by molar-refractivity contribution is 9.10. The minimum Gasteiger partial charge on any atom is -0.481 e. The van der Waals surface area contributed by atoms with Crippen molar-refractivity contribution >= 4 is 27.8 Å². The van der Waals surface area contributed by atoms with Crippen LogP contribution in [0.5, 0.6) is 0 Å². The molecule has 0 fully saturated rings. The van der Waals surface area contributed by atoms with Crippen LogP contribution in [0.3, 0.4) is 0 Å². The maximum Gasteiger partial charge on any atom is 0.303 e. The van der Waals surface area contributed by atoms with Gasteiger partial charge in [-0.2, -0.15) is 0 Å². The molecule has 1 aromatic carbocycles. The SMILES string of the molecule is O=C(O)CCC1=NC(Cc2ccc(Br)cc2)CO1. The van der Waals surface area contributed by atoms with Crippen molar-refractivity contribution in [3.05, 3.63) is 34.3 Å². The summed E-state index contributed by atoms with van der Waals surface area (Å²) in [6, 6.07) is 8.21. The molecular weight excluding hydrogens is 298 g/mol. The van der Waals surface area contributed by atoms with E-state index in [0.717, 1.165) is 10.9 Å². The molecule has 4 nitrogen and oxygen atoms in total. The standard InChI is InChI=1S/C13H14BrNO3/c14-10-3-1-9(2-4-10)7-11-8-18-12(15-11)5-6-13(16)17/h1-4,11H,5-8H2,(H,16,17). The van der Waals surface area contributed by atoms with Gasteiger partial charge in [-0.1, -0.05) is 28.1 Å². The summed E-state index contributed by atoms with van der Waals surface area (Å²) in [5.74, 6) is -0.253. The van der Waals surface area contributed by atoms with Crippen molar-refractivity contribution < 1.29 is 14.6 Å². The predicted molar refractivity (Wildman–Crippen MR) is 71.9 cm³/mol. The molecule has 0 saturated carbocycles. The second-order valence-electron chi connectivity index (χ2n) is 4.21. The number of hydrogen-bond donors (Lipinski definition) is 1. The number of carboxylic acids is 1. The van der Waals surface area contributed by atoms with Gasteiger partial charge in [0.1, 0.15) is 6.61 Å². The number of nitrogens with zero attached hydrogens (tertiary/aromatic N) is 1. The van der Waals surface area contributed by atoms with Crippen LogP contribution in [0.1, 0.15) is 18.4 Å². The van der Waals surface area contributed by atoms with Crippen LogP contribution in [-0.4, -0.2) is 29.6 Å². The van der Waals surface area contributed by atoms with Gasteiger partial charge in [0.15, 0.2) is 5.90 Å². The molecule has 0 amide bonds. The van der Waals surface area contributed by atoms with Crippen LogP contribution in [-0.2, 0) is 16.0 Å². The summed E-state index contributed by atoms with van der Waals surface area (Å²) < 4.78 is 6.44. The predicted octanol–water partition coefficient (Wildman–Crippen LogP) is 2.65. The van der Waals surface area contributed by atoms with Crippen LogP contribution < -0.4 is 0 Å². The largest absolute Gasteiger partial charge is 0.481 e. The highest BCUT2D eigenvalue weighted by atomic mass is 79.9. The van der Waals surface area contributed by atoms with Crippen LogP contribution in [0.25, 0.3) is 0 Å². The molecule has 1 unspecified atom stereocenters. The van der Waals surface area contributed by atoms with E-state index in [4.69, 9.17) is 9.84 Å². The average Bonchev–Trinajstić information content (AvgIpc) is 2.77. The zero-order valence-corrected chi connectivity index (χ0v) is 11.4. The van der Waals surface area contributed by atoms with Gasteiger partial charge in [0.2, 0.25) is 0 Å². The monoisotopic (exact) mass is 311 g/mol. The Balaban J connectivity index is 1.88. The van der Waals surface area contributed by atoms with Crippen molar-refractivity contribution in [2.24, 2.45) is 4.99 Å². The van der Waals surface area contributed by atoms with E-state index in [1.807, 2.05) is 12.1 Å². The van der Waals surface area contributed by atoms with E-state index in [2.05, 4.69) is 33.1 Å². The van der Waals surface area contributed by atoms with E-state index in [1.165, 1.54) is 5.56 Å². The number of aliphatic carboxylic acids is 1. The first-order valence-corrected chi connectivity index (χ1v) is 6.58. The fourth-order valence-electron chi connectivity index (χ4n) is 1.82. The molecule has 1 aliphatic heterocycles. The Morgan fingerprint density at radius 2 is 2.17 bits per heavy atom. The summed E-state index contributed by atoms with van der Waals surface area (Å²) >= 11 is 3.39. The molecule has 0 aromatic heterocycles. The van der Waals surface area contributed by atoms with Gasteiger partial charge in [-0.25, -0.2) is 4.99 Å². The van der Waals surface area contributed by atoms with Crippen molar-refractivity contribution in [3.63, 3.8) is 0 Å². The summed E-state index contributed by atoms with van der Waals surface area (Å²) in [6.45, 7) is 0.547. The number of carboxylic acid groups (broad SMARTS) is 1. The molecule has 5 heteroatoms. The van der Waals surface area contributed by atoms with Gasteiger partial charge in [-0.15, -0.1) is 0 Å². The van der Waals surface area contributed by atoms with Gasteiger partial charge < -0.3 is 9.84 Å². The summed E-state index contributed by atoms with van der Waals surface area (Å²) in [7, 11) is 0. The topological polar surface area (TPSA) is 58.9 Å². The Labute approximate surface area is 114 Å². The normalized spacial score (nSPS) is 18.3. The van der Waals surface area contributed by atoms with Gasteiger partial charge in [-0.05, 0) is 24.1 Å². The number of carbonyl (C=O) groups is 1. The average molecular weight is 312 g/mol. The van der Waals surface area contributed by atoms with Crippen molar-refractivity contribution in [3.8, 4) is 0 Å². The molecule has 1 aromatic rings. The third-order valence-electron chi connectivity index (χ3n) is 2.71. The van der Waals surface area contributed by atoms with Gasteiger partial charge >= 0.3 is 5.97 Å². The zero-order valence-electron chi connectivity index (χ0n) is 9.80. The summed E-state index contributed by atoms with van der Waals surface area (Å²) in [5, 5.41) is 8.59. The van der Waals surface area contributed by atoms with Crippen LogP contribution in [0, 0.1) is 0 Å². The van der Waals surface area contributed by atoms with E-state index in [0.29, 0.717) is 18.9 Å². The Bertz CT molecular complexity index is 456. The van der Waals surface area contributed by atoms with E-state index >= 15 is 0 Å². The molecule has 0 radical (unpaired) electrons. The molecule has 2 rings (SSSR count). The van der Waals surface area contributed by atoms with Gasteiger partial charge in [0.05, 0.1) is 12.5 Å². The van der Waals surface area contributed by atoms with E-state index < -0.39 is 5.97 Å². The number of rotatable bonds is 5. The number of halogens is 1. The Hall–Kier alpha value is -1.36. The maximum absolute atomic E-state index is 10.4. The third-order valence-corrected chi connectivity index (χ3v) is 3.23. The lowest BCUT2D eigenvalue weighted by Gasteiger charge is -2.04. The number of hydrogen-bond acceptors (Lipinski definition) is 3. The fraction of sp³-hybridized carbons (Fsp3) is 0.385. The highest BCUT2D eigenvalue weighted by Gasteiger charge is 2.19. The molecule has 1 aliphatic rings. The molecule has 0 spiro atoms. The first-order chi connectivity index (χ1) is 8.63. The fourth-order valence-corrected chi connectivity index (χ4v) is 2.08. The van der Waals surface area contributed by atoms with Crippen molar-refractivity contribution in [2.45, 2.75) is 25.3 Å². The first kappa shape index (κ1) is 13.1. The molecule has 18 heavy (non-hydrogen) atoms. The van der Waals surface area contributed by atoms with Gasteiger partial charge in [0.25, 0.3) is 0 Å². The van der Waals surface area contributed by atoms with Gasteiger partial charge in [0, 0.05) is 10.9 Å². The lowest BCUT2D eigenvalue weighted by Crippen LogP contribution is -2.09. The zero-order chi connectivity index (χ0) is 13.0. The molecule has 96 valence electrons. The molecule has 0 bridgehead atoms. The number of aliphatic imine (C=N–C) groups is 1. The Kier molecular flexibility index (Phi) is 4.36. The van der Waals surface area contributed by atoms with Gasteiger partial charge in [-0.3, -0.25) is 4.79 Å². The minimum absolute atomic E-state index is 0.0733. The quantitative estimate of drug-likeness (QED) is 0.909. The highest BCUT2D eigenvalue weighted by Crippen LogP contribution is 2.16. The summed E-state index contributed by atoms with van der Waals surface area (Å²) in [4.78, 5) is 14.8. The smallest absolute Gasteiger partial charge is 0.303 e. The molecule has 0 saturated heterocycles. The Morgan fingerprint density at radius 1 is 1.44 bits per heavy atom. The second kappa shape index (κ2) is 6.00. The van der Waals surface area contributed by atoms with E-state index in [-0.39, 0.29) is 12.5 Å². The molecule has 0 aliphatic carbocycles. The number of benzene rings is 1. The molecule has 1 N–H and O–H groups in total. The van der Waals surface area contributed by atoms with Crippen LogP contribution in [0.15, 0.2) is 33.7 Å². The third kappa shape index (κ3) is 3.84. The lowest BCUT2D eigenvalue weighted by molar-refractivity contribution is -0.136. The molecule has 1 atom stereocenters. The summed E-state index contributed by atoms with van der Waals surface area (Å²) in [6.07, 6.45) is 1.28.